The highest BCUT2D eigenvalue weighted by Gasteiger charge is 2.03. The molecule has 1 rings (SSSR count). The average Bonchev–Trinajstić information content (AvgIpc) is 2.01. The van der Waals surface area contributed by atoms with Gasteiger partial charge >= 0.3 is 0 Å². The summed E-state index contributed by atoms with van der Waals surface area (Å²) < 4.78 is 13.3. The van der Waals surface area contributed by atoms with Crippen molar-refractivity contribution in [2.45, 2.75) is 13.3 Å². The Kier molecular flexibility index (Phi) is 2.98. The lowest BCUT2D eigenvalue weighted by atomic mass is 10.1. The van der Waals surface area contributed by atoms with Gasteiger partial charge in [-0.25, -0.2) is 4.39 Å². The third-order valence-corrected chi connectivity index (χ3v) is 2.29. The van der Waals surface area contributed by atoms with Crippen LogP contribution in [0.1, 0.15) is 11.1 Å². The van der Waals surface area contributed by atoms with Gasteiger partial charge in [-0.2, -0.15) is 0 Å². The molecule has 1 nitrogen and oxygen atoms in total. The van der Waals surface area contributed by atoms with Gasteiger partial charge < -0.3 is 4.79 Å². The first-order valence-corrected chi connectivity index (χ1v) is 4.32. The summed E-state index contributed by atoms with van der Waals surface area (Å²) in [6.07, 6.45) is 1.15. The maximum Gasteiger partial charge on any atom is 0.137 e. The van der Waals surface area contributed by atoms with Crippen LogP contribution in [0.15, 0.2) is 16.6 Å². The zero-order chi connectivity index (χ0) is 9.14. The molecule has 0 aromatic heterocycles. The van der Waals surface area contributed by atoms with Crippen LogP contribution < -0.4 is 0 Å². The van der Waals surface area contributed by atoms with Crippen molar-refractivity contribution in [1.29, 1.82) is 0 Å². The highest BCUT2D eigenvalue weighted by Crippen LogP contribution is 2.20. The summed E-state index contributed by atoms with van der Waals surface area (Å²) in [5, 5.41) is 0. The Bertz CT molecular complexity index is 310. The van der Waals surface area contributed by atoms with E-state index in [1.54, 1.807) is 13.0 Å². The van der Waals surface area contributed by atoms with E-state index in [4.69, 9.17) is 0 Å². The number of aldehydes is 1. The Hall–Kier alpha value is -0.700. The Morgan fingerprint density at radius 3 is 2.83 bits per heavy atom. The third kappa shape index (κ3) is 1.91. The minimum absolute atomic E-state index is 0.290. The molecule has 3 heteroatoms. The second kappa shape index (κ2) is 3.81. The molecule has 0 spiro atoms. The monoisotopic (exact) mass is 230 g/mol. The zero-order valence-corrected chi connectivity index (χ0v) is 8.19. The molecule has 0 N–H and O–H groups in total. The molecule has 12 heavy (non-hydrogen) atoms. The van der Waals surface area contributed by atoms with E-state index < -0.39 is 0 Å². The predicted octanol–water partition coefficient (Wildman–Crippen LogP) is 2.64. The van der Waals surface area contributed by atoms with Crippen molar-refractivity contribution in [1.82, 2.24) is 0 Å². The molecule has 0 fully saturated rings. The van der Waals surface area contributed by atoms with Crippen molar-refractivity contribution < 1.29 is 9.18 Å². The molecule has 0 aliphatic carbocycles. The molecule has 64 valence electrons. The predicted molar refractivity (Wildman–Crippen MR) is 48.6 cm³/mol. The molecule has 0 heterocycles. The van der Waals surface area contributed by atoms with Crippen LogP contribution in [0.4, 0.5) is 4.39 Å². The van der Waals surface area contributed by atoms with E-state index in [1.807, 2.05) is 0 Å². The Morgan fingerprint density at radius 1 is 1.58 bits per heavy atom. The van der Waals surface area contributed by atoms with Crippen molar-refractivity contribution in [2.24, 2.45) is 0 Å². The molecule has 0 bridgehead atoms. The summed E-state index contributed by atoms with van der Waals surface area (Å²) in [6.45, 7) is 1.79. The summed E-state index contributed by atoms with van der Waals surface area (Å²) in [5.41, 5.74) is 1.67. The van der Waals surface area contributed by atoms with Crippen LogP contribution >= 0.6 is 15.9 Å². The van der Waals surface area contributed by atoms with Crippen molar-refractivity contribution in [2.75, 3.05) is 0 Å². The molecule has 0 aliphatic heterocycles. The fourth-order valence-corrected chi connectivity index (χ4v) is 1.39. The van der Waals surface area contributed by atoms with Crippen LogP contribution in [0.3, 0.4) is 0 Å². The van der Waals surface area contributed by atoms with Crippen LogP contribution in [-0.2, 0) is 11.2 Å². The lowest BCUT2D eigenvalue weighted by Gasteiger charge is -2.03. The van der Waals surface area contributed by atoms with Gasteiger partial charge in [0.2, 0.25) is 0 Å². The van der Waals surface area contributed by atoms with Crippen LogP contribution in [0, 0.1) is 12.7 Å². The van der Waals surface area contributed by atoms with Crippen molar-refractivity contribution in [3.63, 3.8) is 0 Å². The Morgan fingerprint density at radius 2 is 2.25 bits per heavy atom. The van der Waals surface area contributed by atoms with Crippen LogP contribution in [0.5, 0.6) is 0 Å². The van der Waals surface area contributed by atoms with E-state index in [-0.39, 0.29) is 5.82 Å². The minimum Gasteiger partial charge on any atom is -0.303 e. The summed E-state index contributed by atoms with van der Waals surface area (Å²) in [5.74, 6) is -0.290. The maximum absolute atomic E-state index is 12.9. The first kappa shape index (κ1) is 9.39. The second-order valence-electron chi connectivity index (χ2n) is 2.56. The van der Waals surface area contributed by atoms with Crippen LogP contribution in [0.2, 0.25) is 0 Å². The van der Waals surface area contributed by atoms with Gasteiger partial charge in [-0.05, 0) is 46.1 Å². The normalized spacial score (nSPS) is 9.92. The smallest absolute Gasteiger partial charge is 0.137 e. The number of benzene rings is 1. The topological polar surface area (TPSA) is 17.1 Å². The quantitative estimate of drug-likeness (QED) is 0.715. The molecule has 1 aromatic carbocycles. The number of carbonyl (C=O) groups is 1. The number of hydrogen-bond donors (Lipinski definition) is 0. The first-order valence-electron chi connectivity index (χ1n) is 3.53. The summed E-state index contributed by atoms with van der Waals surface area (Å²) >= 11 is 3.06. The molecule has 0 saturated heterocycles. The number of carbonyl (C=O) groups excluding carboxylic acids is 1. The van der Waals surface area contributed by atoms with Crippen molar-refractivity contribution in [3.05, 3.63) is 33.5 Å². The van der Waals surface area contributed by atoms with E-state index in [9.17, 15) is 9.18 Å². The molecule has 0 radical (unpaired) electrons. The van der Waals surface area contributed by atoms with Gasteiger partial charge in [0.25, 0.3) is 0 Å². The highest BCUT2D eigenvalue weighted by atomic mass is 79.9. The number of aryl methyl sites for hydroxylation is 1. The van der Waals surface area contributed by atoms with Gasteiger partial charge in [-0.15, -0.1) is 0 Å². The molecule has 0 atom stereocenters. The van der Waals surface area contributed by atoms with Gasteiger partial charge in [0.05, 0.1) is 4.47 Å². The van der Waals surface area contributed by atoms with Crippen LogP contribution in [-0.4, -0.2) is 6.29 Å². The van der Waals surface area contributed by atoms with Gasteiger partial charge in [0.1, 0.15) is 12.1 Å². The van der Waals surface area contributed by atoms with E-state index in [1.165, 1.54) is 6.07 Å². The molecule has 0 unspecified atom stereocenters. The highest BCUT2D eigenvalue weighted by molar-refractivity contribution is 9.10. The molecule has 0 aliphatic rings. The fraction of sp³-hybridized carbons (Fsp3) is 0.222. The average molecular weight is 231 g/mol. The third-order valence-electron chi connectivity index (χ3n) is 1.68. The van der Waals surface area contributed by atoms with Crippen molar-refractivity contribution >= 4 is 22.2 Å². The SMILES string of the molecule is Cc1cc(F)c(Br)cc1CC=O. The maximum atomic E-state index is 12.9. The molecule has 1 aromatic rings. The fourth-order valence-electron chi connectivity index (χ4n) is 0.997. The lowest BCUT2D eigenvalue weighted by Crippen LogP contribution is -1.92. The van der Waals surface area contributed by atoms with Gasteiger partial charge in [0, 0.05) is 6.42 Å². The van der Waals surface area contributed by atoms with Gasteiger partial charge in [-0.3, -0.25) is 0 Å². The Balaban J connectivity index is 3.13. The molecular weight excluding hydrogens is 223 g/mol. The molecule has 0 amide bonds. The number of hydrogen-bond acceptors (Lipinski definition) is 1. The van der Waals surface area contributed by atoms with Gasteiger partial charge in [-0.1, -0.05) is 0 Å². The second-order valence-corrected chi connectivity index (χ2v) is 3.42. The lowest BCUT2D eigenvalue weighted by molar-refractivity contribution is -0.107. The van der Waals surface area contributed by atoms with E-state index >= 15 is 0 Å². The molecular formula is C9H8BrFO. The number of rotatable bonds is 2. The largest absolute Gasteiger partial charge is 0.303 e. The first-order chi connectivity index (χ1) is 5.65. The van der Waals surface area contributed by atoms with E-state index in [0.717, 1.165) is 17.4 Å². The van der Waals surface area contributed by atoms with E-state index in [2.05, 4.69) is 15.9 Å². The van der Waals surface area contributed by atoms with Crippen LogP contribution in [0.25, 0.3) is 0 Å². The van der Waals surface area contributed by atoms with Gasteiger partial charge in [0.15, 0.2) is 0 Å². The summed E-state index contributed by atoms with van der Waals surface area (Å²) in [7, 11) is 0. The Labute approximate surface area is 78.7 Å². The zero-order valence-electron chi connectivity index (χ0n) is 6.60. The number of halogens is 2. The van der Waals surface area contributed by atoms with Crippen molar-refractivity contribution in [3.8, 4) is 0 Å². The standard InChI is InChI=1S/C9H8BrFO/c1-6-4-9(11)8(10)5-7(6)2-3-12/h3-5H,2H2,1H3. The minimum atomic E-state index is -0.290. The molecule has 0 saturated carbocycles. The summed E-state index contributed by atoms with van der Waals surface area (Å²) in [6, 6.07) is 3.06. The summed E-state index contributed by atoms with van der Waals surface area (Å²) in [4.78, 5) is 10.2. The van der Waals surface area contributed by atoms with E-state index in [0.29, 0.717) is 10.9 Å².